The number of nitrogens with zero attached hydrogens (tertiary/aromatic N) is 2. The molecule has 2 heterocycles. The fourth-order valence-electron chi connectivity index (χ4n) is 4.66. The maximum atomic E-state index is 6.36. The zero-order valence-electron chi connectivity index (χ0n) is 19.1. The predicted octanol–water partition coefficient (Wildman–Crippen LogP) is 4.05. The SMILES string of the molecule is CCCN1CCC(NC(=NC)NCC2(c3cc(Cl)ccc3OC)CCOCC2)CC1.I. The number of halogens is 2. The van der Waals surface area contributed by atoms with E-state index in [0.717, 1.165) is 80.8 Å². The van der Waals surface area contributed by atoms with Crippen LogP contribution in [0.25, 0.3) is 0 Å². The molecule has 31 heavy (non-hydrogen) atoms. The first-order valence-corrected chi connectivity index (χ1v) is 11.6. The minimum atomic E-state index is -0.101. The van der Waals surface area contributed by atoms with Crippen LogP contribution in [0.3, 0.4) is 0 Å². The highest BCUT2D eigenvalue weighted by molar-refractivity contribution is 14.0. The molecule has 2 saturated heterocycles. The van der Waals surface area contributed by atoms with E-state index in [2.05, 4.69) is 27.4 Å². The van der Waals surface area contributed by atoms with Gasteiger partial charge in [0.2, 0.25) is 0 Å². The zero-order valence-corrected chi connectivity index (χ0v) is 22.2. The van der Waals surface area contributed by atoms with E-state index in [1.807, 2.05) is 25.2 Å². The highest BCUT2D eigenvalue weighted by Gasteiger charge is 2.37. The van der Waals surface area contributed by atoms with E-state index >= 15 is 0 Å². The first kappa shape index (κ1) is 26.5. The largest absolute Gasteiger partial charge is 0.496 e. The van der Waals surface area contributed by atoms with Gasteiger partial charge in [0.05, 0.1) is 7.11 Å². The molecule has 2 fully saturated rings. The standard InChI is InChI=1S/C23H37ClN4O2.HI/c1-4-11-28-12-7-19(8-13-28)27-22(25-2)26-17-23(9-14-30-15-10-23)20-16-18(24)5-6-21(20)29-3;/h5-6,16,19H,4,7-15,17H2,1-3H3,(H2,25,26,27);1H. The molecular formula is C23H38ClIN4O2. The Labute approximate surface area is 209 Å². The van der Waals surface area contributed by atoms with Crippen molar-refractivity contribution < 1.29 is 9.47 Å². The lowest BCUT2D eigenvalue weighted by molar-refractivity contribution is 0.0505. The first-order chi connectivity index (χ1) is 14.6. The summed E-state index contributed by atoms with van der Waals surface area (Å²) >= 11 is 6.36. The Hall–Kier alpha value is -0.770. The second-order valence-electron chi connectivity index (χ2n) is 8.42. The number of piperidine rings is 1. The molecule has 0 aliphatic carbocycles. The molecule has 0 unspecified atom stereocenters. The van der Waals surface area contributed by atoms with Crippen molar-refractivity contribution in [1.29, 1.82) is 0 Å². The molecule has 0 atom stereocenters. The summed E-state index contributed by atoms with van der Waals surface area (Å²) in [4.78, 5) is 7.05. The molecule has 8 heteroatoms. The summed E-state index contributed by atoms with van der Waals surface area (Å²) in [7, 11) is 3.57. The number of benzene rings is 1. The van der Waals surface area contributed by atoms with Gasteiger partial charge in [-0.05, 0) is 56.8 Å². The summed E-state index contributed by atoms with van der Waals surface area (Å²) in [5.74, 6) is 1.75. The molecule has 0 spiro atoms. The minimum Gasteiger partial charge on any atom is -0.496 e. The van der Waals surface area contributed by atoms with Gasteiger partial charge in [0.15, 0.2) is 5.96 Å². The Morgan fingerprint density at radius 3 is 2.61 bits per heavy atom. The average Bonchev–Trinajstić information content (AvgIpc) is 2.78. The van der Waals surface area contributed by atoms with Crippen molar-refractivity contribution in [3.05, 3.63) is 28.8 Å². The van der Waals surface area contributed by atoms with Gasteiger partial charge in [0.25, 0.3) is 0 Å². The van der Waals surface area contributed by atoms with Crippen LogP contribution in [0, 0.1) is 0 Å². The Balaban J connectivity index is 0.00000341. The van der Waals surface area contributed by atoms with E-state index < -0.39 is 0 Å². The number of likely N-dealkylation sites (tertiary alicyclic amines) is 1. The van der Waals surface area contributed by atoms with Crippen molar-refractivity contribution in [2.45, 2.75) is 50.5 Å². The number of rotatable bonds is 7. The highest BCUT2D eigenvalue weighted by atomic mass is 127. The number of nitrogens with one attached hydrogen (secondary N) is 2. The Morgan fingerprint density at radius 2 is 2.00 bits per heavy atom. The molecule has 0 amide bonds. The fourth-order valence-corrected chi connectivity index (χ4v) is 4.83. The maximum Gasteiger partial charge on any atom is 0.191 e. The topological polar surface area (TPSA) is 58.1 Å². The molecule has 1 aromatic rings. The van der Waals surface area contributed by atoms with Crippen molar-refractivity contribution in [3.63, 3.8) is 0 Å². The molecule has 176 valence electrons. The van der Waals surface area contributed by atoms with Gasteiger partial charge in [-0.3, -0.25) is 4.99 Å². The second kappa shape index (κ2) is 13.1. The molecular weight excluding hydrogens is 527 g/mol. The summed E-state index contributed by atoms with van der Waals surface area (Å²) in [6.07, 6.45) is 5.37. The van der Waals surface area contributed by atoms with Gasteiger partial charge in [0, 0.05) is 61.9 Å². The maximum absolute atomic E-state index is 6.36. The van der Waals surface area contributed by atoms with Gasteiger partial charge in [0.1, 0.15) is 5.75 Å². The molecule has 1 aromatic carbocycles. The lowest BCUT2D eigenvalue weighted by atomic mass is 9.73. The van der Waals surface area contributed by atoms with Crippen LogP contribution in [0.2, 0.25) is 5.02 Å². The molecule has 2 aliphatic rings. The van der Waals surface area contributed by atoms with Gasteiger partial charge < -0.3 is 25.0 Å². The third-order valence-corrected chi connectivity index (χ3v) is 6.70. The summed E-state index contributed by atoms with van der Waals surface area (Å²) in [6.45, 7) is 8.00. The van der Waals surface area contributed by atoms with E-state index in [4.69, 9.17) is 21.1 Å². The normalized spacial score (nSPS) is 20.1. The molecule has 2 aliphatic heterocycles. The van der Waals surface area contributed by atoms with Crippen LogP contribution >= 0.6 is 35.6 Å². The van der Waals surface area contributed by atoms with Crippen LogP contribution in [-0.2, 0) is 10.2 Å². The van der Waals surface area contributed by atoms with Crippen LogP contribution in [0.5, 0.6) is 5.75 Å². The molecule has 3 rings (SSSR count). The molecule has 0 aromatic heterocycles. The van der Waals surface area contributed by atoms with Gasteiger partial charge in [-0.2, -0.15) is 0 Å². The highest BCUT2D eigenvalue weighted by Crippen LogP contribution is 2.40. The summed E-state index contributed by atoms with van der Waals surface area (Å²) in [6, 6.07) is 6.37. The number of ether oxygens (including phenoxy) is 2. The van der Waals surface area contributed by atoms with Crippen molar-refractivity contribution >= 4 is 41.5 Å². The molecule has 0 radical (unpaired) electrons. The van der Waals surface area contributed by atoms with Gasteiger partial charge >= 0.3 is 0 Å². The van der Waals surface area contributed by atoms with E-state index in [1.165, 1.54) is 13.0 Å². The monoisotopic (exact) mass is 564 g/mol. The third-order valence-electron chi connectivity index (χ3n) is 6.47. The average molecular weight is 565 g/mol. The minimum absolute atomic E-state index is 0. The Bertz CT molecular complexity index is 705. The van der Waals surface area contributed by atoms with Gasteiger partial charge in [-0.25, -0.2) is 0 Å². The van der Waals surface area contributed by atoms with Gasteiger partial charge in [-0.15, -0.1) is 24.0 Å². The van der Waals surface area contributed by atoms with Crippen LogP contribution in [0.1, 0.15) is 44.6 Å². The van der Waals surface area contributed by atoms with Crippen molar-refractivity contribution in [3.8, 4) is 5.75 Å². The lowest BCUT2D eigenvalue weighted by Gasteiger charge is -2.39. The number of aliphatic imine (C=N–C) groups is 1. The van der Waals surface area contributed by atoms with E-state index in [0.29, 0.717) is 6.04 Å². The van der Waals surface area contributed by atoms with Crippen molar-refractivity contribution in [2.75, 3.05) is 53.6 Å². The van der Waals surface area contributed by atoms with Crippen LogP contribution in [0.4, 0.5) is 0 Å². The van der Waals surface area contributed by atoms with Gasteiger partial charge in [-0.1, -0.05) is 18.5 Å². The van der Waals surface area contributed by atoms with E-state index in [1.54, 1.807) is 7.11 Å². The number of hydrogen-bond acceptors (Lipinski definition) is 4. The van der Waals surface area contributed by atoms with Crippen molar-refractivity contribution in [2.24, 2.45) is 4.99 Å². The van der Waals surface area contributed by atoms with Crippen molar-refractivity contribution in [1.82, 2.24) is 15.5 Å². The third kappa shape index (κ3) is 7.11. The number of methoxy groups -OCH3 is 1. The lowest BCUT2D eigenvalue weighted by Crippen LogP contribution is -2.52. The summed E-state index contributed by atoms with van der Waals surface area (Å²) < 4.78 is 11.4. The number of hydrogen-bond donors (Lipinski definition) is 2. The first-order valence-electron chi connectivity index (χ1n) is 11.2. The summed E-state index contributed by atoms with van der Waals surface area (Å²) in [5.41, 5.74) is 1.05. The smallest absolute Gasteiger partial charge is 0.191 e. The van der Waals surface area contributed by atoms with E-state index in [9.17, 15) is 0 Å². The quantitative estimate of drug-likeness (QED) is 0.297. The van der Waals surface area contributed by atoms with E-state index in [-0.39, 0.29) is 29.4 Å². The summed E-state index contributed by atoms with van der Waals surface area (Å²) in [5, 5.41) is 7.98. The molecule has 0 saturated carbocycles. The Kier molecular flexibility index (Phi) is 11.2. The Morgan fingerprint density at radius 1 is 1.29 bits per heavy atom. The molecule has 2 N–H and O–H groups in total. The molecule has 0 bridgehead atoms. The zero-order chi connectivity index (χ0) is 21.4. The predicted molar refractivity (Wildman–Crippen MR) is 139 cm³/mol. The fraction of sp³-hybridized carbons (Fsp3) is 0.696. The van der Waals surface area contributed by atoms with Crippen LogP contribution in [-0.4, -0.2) is 70.5 Å². The molecule has 6 nitrogen and oxygen atoms in total. The van der Waals surface area contributed by atoms with Crippen LogP contribution < -0.4 is 15.4 Å². The number of guanidine groups is 1. The van der Waals surface area contributed by atoms with Crippen LogP contribution in [0.15, 0.2) is 23.2 Å². The second-order valence-corrected chi connectivity index (χ2v) is 8.86.